The smallest absolute Gasteiger partial charge is 0.251 e. The molecule has 3 saturated heterocycles. The van der Waals surface area contributed by atoms with Gasteiger partial charge in [0.2, 0.25) is 0 Å². The lowest BCUT2D eigenvalue weighted by Gasteiger charge is -2.47. The van der Waals surface area contributed by atoms with Gasteiger partial charge in [-0.25, -0.2) is 0 Å². The molecule has 52 heavy (non-hydrogen) atoms. The molecule has 21 N–H and O–H groups in total. The van der Waals surface area contributed by atoms with E-state index in [2.05, 4.69) is 10.6 Å². The van der Waals surface area contributed by atoms with Gasteiger partial charge in [-0.2, -0.15) is 0 Å². The molecule has 0 spiro atoms. The number of aliphatic hydroxyl groups excluding tert-OH is 9. The summed E-state index contributed by atoms with van der Waals surface area (Å²) >= 11 is 0. The Morgan fingerprint density at radius 3 is 2.02 bits per heavy atom. The summed E-state index contributed by atoms with van der Waals surface area (Å²) < 4.78 is 35.5. The standard InChI is InChI=1S/C29H57N7O16/c30-5-13(40)19(42)26(46)36-11-3-9(32)23(50-27-10(33)4-12(39)15(48-27)7-35-1-2-37)25(18(11)41)52-29-22(45)24(16(8-38)49-29)51-28-17(34)21(44)20(43)14(6-31)47-28/h9-25,27-29,35,37-45H,1-8,30-34H2,(H,36,46)/t9-,10+,11+,12-,13-,14-,15+,16+,17+,18-,19-,20+,21+,22+,23+,24+,25+,27+,28+,29-/m0/s1. The number of rotatable bonds is 16. The molecule has 0 aromatic carbocycles. The highest BCUT2D eigenvalue weighted by Gasteiger charge is 2.54. The Labute approximate surface area is 299 Å². The van der Waals surface area contributed by atoms with Crippen LogP contribution in [0.2, 0.25) is 0 Å². The van der Waals surface area contributed by atoms with Crippen molar-refractivity contribution in [2.24, 2.45) is 28.7 Å². The first kappa shape index (κ1) is 43.4. The van der Waals surface area contributed by atoms with Crippen molar-refractivity contribution < 1.29 is 79.2 Å². The first-order valence-corrected chi connectivity index (χ1v) is 17.3. The zero-order valence-electron chi connectivity index (χ0n) is 28.5. The summed E-state index contributed by atoms with van der Waals surface area (Å²) in [7, 11) is 0. The largest absolute Gasteiger partial charge is 0.395 e. The van der Waals surface area contributed by atoms with Gasteiger partial charge in [0.25, 0.3) is 5.91 Å². The van der Waals surface area contributed by atoms with Crippen LogP contribution in [0, 0.1) is 0 Å². The van der Waals surface area contributed by atoms with Crippen LogP contribution in [-0.4, -0.2) is 214 Å². The van der Waals surface area contributed by atoms with Crippen LogP contribution in [0.15, 0.2) is 0 Å². The third-order valence-electron chi connectivity index (χ3n) is 9.78. The number of aliphatic hydroxyl groups is 9. The Morgan fingerprint density at radius 2 is 1.38 bits per heavy atom. The van der Waals surface area contributed by atoms with Gasteiger partial charge in [-0.1, -0.05) is 0 Å². The monoisotopic (exact) mass is 759 g/mol. The van der Waals surface area contributed by atoms with E-state index in [-0.39, 0.29) is 39.1 Å². The first-order valence-electron chi connectivity index (χ1n) is 17.3. The highest BCUT2D eigenvalue weighted by Crippen LogP contribution is 2.34. The highest BCUT2D eigenvalue weighted by molar-refractivity contribution is 5.81. The van der Waals surface area contributed by atoms with Gasteiger partial charge < -0.3 is 114 Å². The number of carbonyl (C=O) groups is 1. The SMILES string of the molecule is NC[C@@H]1O[C@H](O[C@H]2[C@@H](O)[C@H](O[C@@H]3[C@@H](O)[C@H](NC(=O)[C@@H](O)[C@@H](O)CN)C[C@H](N)[C@H]3O[C@H]3O[C@H](CNCCO)[C@@H](O)C[C@H]3N)O[C@@H]2CO)[C@H](N)[C@@H](O)[C@@H]1O. The van der Waals surface area contributed by atoms with Crippen LogP contribution in [0.4, 0.5) is 0 Å². The number of ether oxygens (including phenoxy) is 6. The lowest BCUT2D eigenvalue weighted by molar-refractivity contribution is -0.296. The number of nitrogens with two attached hydrogens (primary N) is 5. The number of hydrogen-bond donors (Lipinski definition) is 16. The molecule has 3 heterocycles. The van der Waals surface area contributed by atoms with E-state index in [1.54, 1.807) is 0 Å². The molecule has 0 bridgehead atoms. The Morgan fingerprint density at radius 1 is 0.750 bits per heavy atom. The molecule has 20 atom stereocenters. The normalized spacial score (nSPS) is 45.4. The summed E-state index contributed by atoms with van der Waals surface area (Å²) in [6.45, 7) is -1.18. The zero-order valence-corrected chi connectivity index (χ0v) is 28.5. The number of hydrogen-bond acceptors (Lipinski definition) is 22. The lowest BCUT2D eigenvalue weighted by Crippen LogP contribution is -2.67. The van der Waals surface area contributed by atoms with E-state index in [1.807, 2.05) is 0 Å². The lowest BCUT2D eigenvalue weighted by atomic mass is 9.83. The second-order valence-corrected chi connectivity index (χ2v) is 13.5. The van der Waals surface area contributed by atoms with Crippen LogP contribution in [0.25, 0.3) is 0 Å². The maximum atomic E-state index is 12.8. The van der Waals surface area contributed by atoms with E-state index in [1.165, 1.54) is 0 Å². The van der Waals surface area contributed by atoms with E-state index < -0.39 is 141 Å². The summed E-state index contributed by atoms with van der Waals surface area (Å²) in [4.78, 5) is 12.8. The molecule has 4 aliphatic rings. The average Bonchev–Trinajstić information content (AvgIpc) is 3.42. The van der Waals surface area contributed by atoms with Crippen LogP contribution in [-0.2, 0) is 33.2 Å². The molecule has 0 aromatic heterocycles. The molecule has 4 fully saturated rings. The third kappa shape index (κ3) is 9.89. The fourth-order valence-electron chi connectivity index (χ4n) is 6.70. The molecular weight excluding hydrogens is 702 g/mol. The predicted octanol–water partition coefficient (Wildman–Crippen LogP) is -10.4. The molecule has 1 saturated carbocycles. The molecule has 4 rings (SSSR count). The van der Waals surface area contributed by atoms with Crippen molar-refractivity contribution >= 4 is 5.91 Å². The van der Waals surface area contributed by atoms with Crippen molar-refractivity contribution in [1.29, 1.82) is 0 Å². The summed E-state index contributed by atoms with van der Waals surface area (Å²) in [5, 5.41) is 98.8. The molecule has 304 valence electrons. The minimum Gasteiger partial charge on any atom is -0.395 e. The molecule has 0 radical (unpaired) electrons. The van der Waals surface area contributed by atoms with Gasteiger partial charge in [0.1, 0.15) is 61.0 Å². The minimum absolute atomic E-state index is 0.0377. The van der Waals surface area contributed by atoms with E-state index in [9.17, 15) is 45.6 Å². The van der Waals surface area contributed by atoms with Gasteiger partial charge in [0, 0.05) is 32.2 Å². The van der Waals surface area contributed by atoms with Crippen molar-refractivity contribution in [1.82, 2.24) is 10.6 Å². The molecule has 1 amide bonds. The number of amides is 1. The topological polar surface area (TPSA) is 409 Å². The van der Waals surface area contributed by atoms with Gasteiger partial charge >= 0.3 is 0 Å². The quantitative estimate of drug-likeness (QED) is 0.0649. The molecule has 3 aliphatic heterocycles. The van der Waals surface area contributed by atoms with Gasteiger partial charge in [-0.3, -0.25) is 4.79 Å². The first-order chi connectivity index (χ1) is 24.7. The molecule has 0 unspecified atom stereocenters. The Balaban J connectivity index is 1.56. The predicted molar refractivity (Wildman–Crippen MR) is 173 cm³/mol. The maximum absolute atomic E-state index is 12.8. The zero-order chi connectivity index (χ0) is 38.4. The van der Waals surface area contributed by atoms with Crippen molar-refractivity contribution in [3.05, 3.63) is 0 Å². The Hall–Kier alpha value is -1.37. The Kier molecular flexibility index (Phi) is 16.2. The van der Waals surface area contributed by atoms with Crippen molar-refractivity contribution in [3.63, 3.8) is 0 Å². The highest BCUT2D eigenvalue weighted by atomic mass is 16.8. The van der Waals surface area contributed by atoms with Gasteiger partial charge in [-0.15, -0.1) is 0 Å². The molecule has 1 aliphatic carbocycles. The molecule has 0 aromatic rings. The summed E-state index contributed by atoms with van der Waals surface area (Å²) in [5.41, 5.74) is 29.8. The average molecular weight is 760 g/mol. The van der Waals surface area contributed by atoms with Crippen LogP contribution >= 0.6 is 0 Å². The van der Waals surface area contributed by atoms with Crippen LogP contribution in [0.5, 0.6) is 0 Å². The molecule has 23 heteroatoms. The molecular formula is C29H57N7O16. The summed E-state index contributed by atoms with van der Waals surface area (Å²) in [6, 6.07) is -4.48. The van der Waals surface area contributed by atoms with Crippen molar-refractivity contribution in [2.75, 3.05) is 39.4 Å². The van der Waals surface area contributed by atoms with E-state index in [4.69, 9.17) is 62.2 Å². The van der Waals surface area contributed by atoms with Gasteiger partial charge in [0.15, 0.2) is 25.0 Å². The second kappa shape index (κ2) is 19.5. The maximum Gasteiger partial charge on any atom is 0.251 e. The number of nitrogens with one attached hydrogen (secondary N) is 2. The molecule has 23 nitrogen and oxygen atoms in total. The van der Waals surface area contributed by atoms with Gasteiger partial charge in [0.05, 0.1) is 43.5 Å². The van der Waals surface area contributed by atoms with E-state index >= 15 is 0 Å². The Bertz CT molecular complexity index is 1110. The fraction of sp³-hybridized carbons (Fsp3) is 0.966. The number of carbonyl (C=O) groups excluding carboxylic acids is 1. The summed E-state index contributed by atoms with van der Waals surface area (Å²) in [5.74, 6) is -1.07. The van der Waals surface area contributed by atoms with E-state index in [0.29, 0.717) is 0 Å². The van der Waals surface area contributed by atoms with E-state index in [0.717, 1.165) is 0 Å². The van der Waals surface area contributed by atoms with Crippen molar-refractivity contribution in [2.45, 2.75) is 135 Å². The third-order valence-corrected chi connectivity index (χ3v) is 9.78. The van der Waals surface area contributed by atoms with Gasteiger partial charge in [-0.05, 0) is 12.8 Å². The second-order valence-electron chi connectivity index (χ2n) is 13.5. The van der Waals surface area contributed by atoms with Crippen LogP contribution in [0.1, 0.15) is 12.8 Å². The fourth-order valence-corrected chi connectivity index (χ4v) is 6.70. The minimum atomic E-state index is -1.95. The van der Waals surface area contributed by atoms with Crippen molar-refractivity contribution in [3.8, 4) is 0 Å². The van der Waals surface area contributed by atoms with Crippen LogP contribution in [0.3, 0.4) is 0 Å². The van der Waals surface area contributed by atoms with Crippen LogP contribution < -0.4 is 39.3 Å². The summed E-state index contributed by atoms with van der Waals surface area (Å²) in [6.07, 6.45) is -22.8.